The Morgan fingerprint density at radius 1 is 0.759 bits per heavy atom. The van der Waals surface area contributed by atoms with Crippen molar-refractivity contribution in [1.29, 1.82) is 0 Å². The maximum absolute atomic E-state index is 11.6. The second-order valence-electron chi connectivity index (χ2n) is 6.84. The Kier molecular flexibility index (Phi) is 4.18. The van der Waals surface area contributed by atoms with Crippen LogP contribution in [0.5, 0.6) is 0 Å². The van der Waals surface area contributed by atoms with Crippen LogP contribution >= 0.6 is 15.9 Å². The third-order valence-electron chi connectivity index (χ3n) is 5.15. The molecule has 0 saturated carbocycles. The molecule has 29 heavy (non-hydrogen) atoms. The van der Waals surface area contributed by atoms with E-state index >= 15 is 0 Å². The van der Waals surface area contributed by atoms with Gasteiger partial charge in [0, 0.05) is 27.0 Å². The Morgan fingerprint density at radius 3 is 2.28 bits per heavy atom. The van der Waals surface area contributed by atoms with E-state index < -0.39 is 0 Å². The van der Waals surface area contributed by atoms with Gasteiger partial charge < -0.3 is 4.57 Å². The van der Waals surface area contributed by atoms with Crippen LogP contribution in [0.15, 0.2) is 95.5 Å². The molecule has 0 aliphatic heterocycles. The number of benzene rings is 4. The number of nitro groups is 1. The zero-order valence-corrected chi connectivity index (χ0v) is 16.8. The van der Waals surface area contributed by atoms with Crippen molar-refractivity contribution in [1.82, 2.24) is 4.57 Å². The van der Waals surface area contributed by atoms with E-state index in [0.29, 0.717) is 10.0 Å². The van der Waals surface area contributed by atoms with Crippen LogP contribution in [-0.2, 0) is 0 Å². The van der Waals surface area contributed by atoms with Gasteiger partial charge in [-0.05, 0) is 48.0 Å². The number of halogens is 1. The quantitative estimate of drug-likeness (QED) is 0.220. The van der Waals surface area contributed by atoms with Gasteiger partial charge in [-0.3, -0.25) is 10.1 Å². The fraction of sp³-hybridized carbons (Fsp3) is 0. The van der Waals surface area contributed by atoms with Gasteiger partial charge in [0.15, 0.2) is 0 Å². The van der Waals surface area contributed by atoms with Crippen molar-refractivity contribution in [3.8, 4) is 16.8 Å². The number of hydrogen-bond acceptors (Lipinski definition) is 2. The maximum Gasteiger partial charge on any atom is 0.278 e. The normalized spacial score (nSPS) is 11.2. The maximum atomic E-state index is 11.6. The number of hydrogen-bond donors (Lipinski definition) is 0. The third kappa shape index (κ3) is 2.91. The van der Waals surface area contributed by atoms with Crippen LogP contribution in [-0.4, -0.2) is 9.49 Å². The second-order valence-corrected chi connectivity index (χ2v) is 7.75. The summed E-state index contributed by atoms with van der Waals surface area (Å²) < 4.78 is 2.92. The largest absolute Gasteiger partial charge is 0.309 e. The Morgan fingerprint density at radius 2 is 1.48 bits per heavy atom. The van der Waals surface area contributed by atoms with Crippen molar-refractivity contribution < 1.29 is 4.92 Å². The van der Waals surface area contributed by atoms with Crippen LogP contribution in [0.2, 0.25) is 0 Å². The van der Waals surface area contributed by atoms with Gasteiger partial charge in [-0.1, -0.05) is 58.4 Å². The summed E-state index contributed by atoms with van der Waals surface area (Å²) >= 11 is 3.33. The first kappa shape index (κ1) is 17.6. The summed E-state index contributed by atoms with van der Waals surface area (Å²) in [5.74, 6) is 0. The lowest BCUT2D eigenvalue weighted by Crippen LogP contribution is -1.94. The molecule has 1 heterocycles. The number of aromatic nitrogens is 1. The fourth-order valence-electron chi connectivity index (χ4n) is 3.90. The Labute approximate surface area is 175 Å². The molecule has 5 rings (SSSR count). The minimum absolute atomic E-state index is 0.0884. The van der Waals surface area contributed by atoms with E-state index in [0.717, 1.165) is 33.1 Å². The molecule has 4 aromatic carbocycles. The molecule has 140 valence electrons. The smallest absolute Gasteiger partial charge is 0.278 e. The van der Waals surface area contributed by atoms with Crippen molar-refractivity contribution in [2.75, 3.05) is 0 Å². The van der Waals surface area contributed by atoms with Gasteiger partial charge in [0.1, 0.15) is 0 Å². The van der Waals surface area contributed by atoms with E-state index in [2.05, 4.69) is 44.8 Å². The summed E-state index contributed by atoms with van der Waals surface area (Å²) in [6.07, 6.45) is 0. The van der Waals surface area contributed by atoms with Crippen molar-refractivity contribution >= 4 is 43.4 Å². The molecule has 0 unspecified atom stereocenters. The predicted octanol–water partition coefficient (Wildman–Crippen LogP) is 7.12. The number of fused-ring (bicyclic) bond motifs is 3. The van der Waals surface area contributed by atoms with Crippen LogP contribution in [0.1, 0.15) is 0 Å². The average Bonchev–Trinajstić information content (AvgIpc) is 3.08. The highest BCUT2D eigenvalue weighted by atomic mass is 79.9. The molecule has 0 aliphatic rings. The van der Waals surface area contributed by atoms with Crippen molar-refractivity contribution in [2.45, 2.75) is 0 Å². The van der Waals surface area contributed by atoms with Gasteiger partial charge in [-0.25, -0.2) is 0 Å². The monoisotopic (exact) mass is 442 g/mol. The van der Waals surface area contributed by atoms with Crippen molar-refractivity contribution in [3.05, 3.63) is 106 Å². The fourth-order valence-corrected chi connectivity index (χ4v) is 4.24. The molecule has 0 spiro atoms. The van der Waals surface area contributed by atoms with Gasteiger partial charge in [-0.15, -0.1) is 0 Å². The number of nitro benzene ring substituents is 1. The van der Waals surface area contributed by atoms with Crippen molar-refractivity contribution in [2.24, 2.45) is 0 Å². The lowest BCUT2D eigenvalue weighted by Gasteiger charge is -2.08. The van der Waals surface area contributed by atoms with E-state index in [4.69, 9.17) is 0 Å². The molecule has 0 bridgehead atoms. The lowest BCUT2D eigenvalue weighted by molar-refractivity contribution is -0.384. The van der Waals surface area contributed by atoms with E-state index in [1.165, 1.54) is 0 Å². The molecule has 0 N–H and O–H groups in total. The Balaban J connectivity index is 1.82. The second kappa shape index (κ2) is 6.87. The molecule has 0 amide bonds. The Bertz CT molecular complexity index is 1390. The van der Waals surface area contributed by atoms with Crippen LogP contribution in [0.25, 0.3) is 38.6 Å². The summed E-state index contributed by atoms with van der Waals surface area (Å²) in [5.41, 5.74) is 4.79. The van der Waals surface area contributed by atoms with Crippen LogP contribution < -0.4 is 0 Å². The molecule has 0 radical (unpaired) electrons. The number of para-hydroxylation sites is 2. The van der Waals surface area contributed by atoms with E-state index in [1.54, 1.807) is 12.1 Å². The third-order valence-corrected chi connectivity index (χ3v) is 5.65. The molecule has 0 aliphatic carbocycles. The van der Waals surface area contributed by atoms with Gasteiger partial charge in [-0.2, -0.15) is 0 Å². The number of rotatable bonds is 3. The molecular formula is C24H15BrN2O2. The van der Waals surface area contributed by atoms with E-state index in [-0.39, 0.29) is 10.6 Å². The SMILES string of the molecule is O=[N+]([O-])c1cc(Br)ccc1-c1ccc2c(c1)c1ccccc1n2-c1ccccc1. The lowest BCUT2D eigenvalue weighted by atomic mass is 10.0. The highest BCUT2D eigenvalue weighted by Crippen LogP contribution is 2.37. The van der Waals surface area contributed by atoms with Crippen LogP contribution in [0, 0.1) is 10.1 Å². The standard InChI is InChI=1S/C24H15BrN2O2/c25-17-11-12-19(24(15-17)27(28)29)16-10-13-23-21(14-16)20-8-4-5-9-22(20)26(23)18-6-2-1-3-7-18/h1-15H. The van der Waals surface area contributed by atoms with E-state index in [1.807, 2.05) is 54.6 Å². The minimum Gasteiger partial charge on any atom is -0.309 e. The van der Waals surface area contributed by atoms with E-state index in [9.17, 15) is 10.1 Å². The molecule has 0 atom stereocenters. The molecule has 0 saturated heterocycles. The van der Waals surface area contributed by atoms with Gasteiger partial charge in [0.2, 0.25) is 0 Å². The van der Waals surface area contributed by atoms with Gasteiger partial charge >= 0.3 is 0 Å². The molecule has 1 aromatic heterocycles. The van der Waals surface area contributed by atoms with Crippen molar-refractivity contribution in [3.63, 3.8) is 0 Å². The zero-order valence-electron chi connectivity index (χ0n) is 15.2. The molecule has 4 nitrogen and oxygen atoms in total. The topological polar surface area (TPSA) is 48.1 Å². The van der Waals surface area contributed by atoms with Gasteiger partial charge in [0.25, 0.3) is 5.69 Å². The Hall–Kier alpha value is -3.44. The first-order chi connectivity index (χ1) is 14.1. The summed E-state index contributed by atoms with van der Waals surface area (Å²) in [6.45, 7) is 0. The zero-order chi connectivity index (χ0) is 20.0. The van der Waals surface area contributed by atoms with Crippen LogP contribution in [0.4, 0.5) is 5.69 Å². The highest BCUT2D eigenvalue weighted by Gasteiger charge is 2.18. The predicted molar refractivity (Wildman–Crippen MR) is 121 cm³/mol. The molecular weight excluding hydrogens is 428 g/mol. The highest BCUT2D eigenvalue weighted by molar-refractivity contribution is 9.10. The molecule has 5 heteroatoms. The minimum atomic E-state index is -0.336. The average molecular weight is 443 g/mol. The summed E-state index contributed by atoms with van der Waals surface area (Å²) in [7, 11) is 0. The summed E-state index contributed by atoms with van der Waals surface area (Å²) in [5, 5.41) is 13.8. The summed E-state index contributed by atoms with van der Waals surface area (Å²) in [6, 6.07) is 29.7. The molecule has 0 fully saturated rings. The molecule has 5 aromatic rings. The number of nitrogens with zero attached hydrogens (tertiary/aromatic N) is 2. The first-order valence-electron chi connectivity index (χ1n) is 9.16. The summed E-state index contributed by atoms with van der Waals surface area (Å²) in [4.78, 5) is 11.3. The van der Waals surface area contributed by atoms with Crippen LogP contribution in [0.3, 0.4) is 0 Å². The first-order valence-corrected chi connectivity index (χ1v) is 9.96. The van der Waals surface area contributed by atoms with Gasteiger partial charge in [0.05, 0.1) is 21.5 Å².